The van der Waals surface area contributed by atoms with Gasteiger partial charge < -0.3 is 13.9 Å². The number of para-hydroxylation sites is 3. The molecule has 0 atom stereocenters. The Balaban J connectivity index is 1.03. The van der Waals surface area contributed by atoms with Gasteiger partial charge in [0.05, 0.1) is 27.8 Å². The molecule has 0 amide bonds. The number of rotatable bonds is 7. The molecule has 0 fully saturated rings. The summed E-state index contributed by atoms with van der Waals surface area (Å²) >= 11 is 0. The lowest BCUT2D eigenvalue weighted by molar-refractivity contribution is 0.669. The standard InChI is InChI=1S/C58H38N2O/c1-2-15-39(16-3-1)41-29-33-44(34-30-41)59(45-35-31-40-17-4-5-18-42(40)37-45)52-24-11-8-21-48(52)47-20-7-6-19-46(47)43-32-36-54-51(38-43)49-22-9-12-25-53(49)60(54)55-26-14-28-57-58(55)50-23-10-13-27-56(50)61-57/h1-38H. The Labute approximate surface area is 353 Å². The summed E-state index contributed by atoms with van der Waals surface area (Å²) in [7, 11) is 0. The molecule has 0 aliphatic carbocycles. The van der Waals surface area contributed by atoms with Crippen molar-refractivity contribution in [2.45, 2.75) is 0 Å². The minimum Gasteiger partial charge on any atom is -0.456 e. The first-order chi connectivity index (χ1) is 30.3. The predicted molar refractivity (Wildman–Crippen MR) is 257 cm³/mol. The molecule has 0 aliphatic rings. The van der Waals surface area contributed by atoms with E-state index in [0.29, 0.717) is 0 Å². The highest BCUT2D eigenvalue weighted by atomic mass is 16.3. The van der Waals surface area contributed by atoms with Gasteiger partial charge in [0.15, 0.2) is 0 Å². The van der Waals surface area contributed by atoms with E-state index in [1.807, 2.05) is 6.07 Å². The Bertz CT molecular complexity index is 3600. The summed E-state index contributed by atoms with van der Waals surface area (Å²) in [5.41, 5.74) is 15.6. The molecule has 0 radical (unpaired) electrons. The zero-order chi connectivity index (χ0) is 40.3. The summed E-state index contributed by atoms with van der Waals surface area (Å²) in [5, 5.41) is 7.08. The maximum absolute atomic E-state index is 6.36. The predicted octanol–water partition coefficient (Wildman–Crippen LogP) is 16.3. The molecule has 3 heteroatoms. The van der Waals surface area contributed by atoms with Crippen LogP contribution in [0.4, 0.5) is 17.1 Å². The topological polar surface area (TPSA) is 21.3 Å². The average Bonchev–Trinajstić information content (AvgIpc) is 3.88. The SMILES string of the molecule is c1ccc(-c2ccc(N(c3ccc4ccccc4c3)c3ccccc3-c3ccccc3-c3ccc4c(c3)c3ccccc3n4-c3cccc4oc5ccccc5c34)cc2)cc1. The van der Waals surface area contributed by atoms with Gasteiger partial charge >= 0.3 is 0 Å². The van der Waals surface area contributed by atoms with Gasteiger partial charge in [0.1, 0.15) is 11.2 Å². The van der Waals surface area contributed by atoms with Gasteiger partial charge in [0, 0.05) is 33.1 Å². The zero-order valence-corrected chi connectivity index (χ0v) is 33.2. The Kier molecular flexibility index (Phi) is 8.17. The molecule has 0 bridgehead atoms. The lowest BCUT2D eigenvalue weighted by Crippen LogP contribution is -2.11. The third kappa shape index (κ3) is 5.82. The van der Waals surface area contributed by atoms with Gasteiger partial charge in [0.25, 0.3) is 0 Å². The van der Waals surface area contributed by atoms with E-state index in [1.165, 1.54) is 43.8 Å². The molecule has 12 rings (SSSR count). The van der Waals surface area contributed by atoms with Crippen LogP contribution in [0, 0.1) is 0 Å². The van der Waals surface area contributed by atoms with E-state index in [2.05, 4.69) is 234 Å². The van der Waals surface area contributed by atoms with Crippen molar-refractivity contribution in [2.75, 3.05) is 4.90 Å². The summed E-state index contributed by atoms with van der Waals surface area (Å²) < 4.78 is 8.76. The summed E-state index contributed by atoms with van der Waals surface area (Å²) in [5.74, 6) is 0. The van der Waals surface area contributed by atoms with Crippen LogP contribution >= 0.6 is 0 Å². The second kappa shape index (κ2) is 14.3. The smallest absolute Gasteiger partial charge is 0.137 e. The van der Waals surface area contributed by atoms with E-state index in [4.69, 9.17) is 4.42 Å². The third-order valence-corrected chi connectivity index (χ3v) is 12.2. The van der Waals surface area contributed by atoms with E-state index in [0.717, 1.165) is 66.8 Å². The van der Waals surface area contributed by atoms with E-state index in [1.54, 1.807) is 0 Å². The monoisotopic (exact) mass is 778 g/mol. The van der Waals surface area contributed by atoms with Gasteiger partial charge in [-0.15, -0.1) is 0 Å². The highest BCUT2D eigenvalue weighted by Crippen LogP contribution is 2.46. The highest BCUT2D eigenvalue weighted by molar-refractivity contribution is 6.15. The molecule has 2 heterocycles. The van der Waals surface area contributed by atoms with Gasteiger partial charge in [-0.3, -0.25) is 0 Å². The van der Waals surface area contributed by atoms with Crippen molar-refractivity contribution in [2.24, 2.45) is 0 Å². The fraction of sp³-hybridized carbons (Fsp3) is 0. The summed E-state index contributed by atoms with van der Waals surface area (Å²) in [4.78, 5) is 2.41. The van der Waals surface area contributed by atoms with Crippen molar-refractivity contribution in [1.82, 2.24) is 4.57 Å². The number of anilines is 3. The number of furan rings is 1. The van der Waals surface area contributed by atoms with Crippen molar-refractivity contribution in [3.8, 4) is 39.1 Å². The van der Waals surface area contributed by atoms with Gasteiger partial charge in [-0.25, -0.2) is 0 Å². The number of hydrogen-bond donors (Lipinski definition) is 0. The highest BCUT2D eigenvalue weighted by Gasteiger charge is 2.22. The Hall–Kier alpha value is -8.14. The van der Waals surface area contributed by atoms with E-state index < -0.39 is 0 Å². The summed E-state index contributed by atoms with van der Waals surface area (Å²) in [6.07, 6.45) is 0. The van der Waals surface area contributed by atoms with Gasteiger partial charge in [-0.05, 0) is 105 Å². The van der Waals surface area contributed by atoms with Crippen LogP contribution in [0.15, 0.2) is 235 Å². The first-order valence-electron chi connectivity index (χ1n) is 20.8. The lowest BCUT2D eigenvalue weighted by Gasteiger charge is -2.29. The van der Waals surface area contributed by atoms with Crippen molar-refractivity contribution < 1.29 is 4.42 Å². The number of nitrogens with zero attached hydrogens (tertiary/aromatic N) is 2. The number of benzene rings is 10. The number of hydrogen-bond acceptors (Lipinski definition) is 2. The number of aromatic nitrogens is 1. The molecule has 0 saturated heterocycles. The van der Waals surface area contributed by atoms with Crippen LogP contribution in [-0.4, -0.2) is 4.57 Å². The molecule has 0 aliphatic heterocycles. The average molecular weight is 779 g/mol. The molecule has 0 unspecified atom stereocenters. The second-order valence-electron chi connectivity index (χ2n) is 15.7. The quantitative estimate of drug-likeness (QED) is 0.161. The van der Waals surface area contributed by atoms with Crippen molar-refractivity contribution in [1.29, 1.82) is 0 Å². The van der Waals surface area contributed by atoms with Gasteiger partial charge in [-0.1, -0.05) is 164 Å². The van der Waals surface area contributed by atoms with Crippen LogP contribution in [0.25, 0.3) is 93.6 Å². The third-order valence-electron chi connectivity index (χ3n) is 12.2. The Morgan fingerprint density at radius 1 is 0.344 bits per heavy atom. The molecule has 10 aromatic carbocycles. The molecular weight excluding hydrogens is 741 g/mol. The van der Waals surface area contributed by atoms with Crippen LogP contribution in [0.5, 0.6) is 0 Å². The molecule has 0 N–H and O–H groups in total. The largest absolute Gasteiger partial charge is 0.456 e. The van der Waals surface area contributed by atoms with Crippen LogP contribution in [0.3, 0.4) is 0 Å². The first kappa shape index (κ1) is 34.9. The van der Waals surface area contributed by atoms with Crippen molar-refractivity contribution in [3.05, 3.63) is 231 Å². The summed E-state index contributed by atoms with van der Waals surface area (Å²) in [6, 6.07) is 83.0. The Morgan fingerprint density at radius 3 is 1.84 bits per heavy atom. The summed E-state index contributed by atoms with van der Waals surface area (Å²) in [6.45, 7) is 0. The molecule has 61 heavy (non-hydrogen) atoms. The molecule has 3 nitrogen and oxygen atoms in total. The van der Waals surface area contributed by atoms with Crippen LogP contribution in [0.2, 0.25) is 0 Å². The minimum atomic E-state index is 0.888. The lowest BCUT2D eigenvalue weighted by atomic mass is 9.92. The molecule has 12 aromatic rings. The van der Waals surface area contributed by atoms with E-state index >= 15 is 0 Å². The van der Waals surface area contributed by atoms with Crippen LogP contribution in [0.1, 0.15) is 0 Å². The van der Waals surface area contributed by atoms with Crippen molar-refractivity contribution in [3.63, 3.8) is 0 Å². The van der Waals surface area contributed by atoms with Gasteiger partial charge in [-0.2, -0.15) is 0 Å². The Morgan fingerprint density at radius 2 is 0.967 bits per heavy atom. The first-order valence-corrected chi connectivity index (χ1v) is 20.8. The number of fused-ring (bicyclic) bond motifs is 7. The minimum absolute atomic E-state index is 0.888. The van der Waals surface area contributed by atoms with Crippen LogP contribution in [-0.2, 0) is 0 Å². The normalized spacial score (nSPS) is 11.6. The maximum atomic E-state index is 6.36. The van der Waals surface area contributed by atoms with E-state index in [-0.39, 0.29) is 0 Å². The molecule has 0 spiro atoms. The fourth-order valence-corrected chi connectivity index (χ4v) is 9.38. The molecule has 0 saturated carbocycles. The molecule has 286 valence electrons. The van der Waals surface area contributed by atoms with E-state index in [9.17, 15) is 0 Å². The fourth-order valence-electron chi connectivity index (χ4n) is 9.38. The maximum Gasteiger partial charge on any atom is 0.137 e. The second-order valence-corrected chi connectivity index (χ2v) is 15.7. The van der Waals surface area contributed by atoms with Crippen LogP contribution < -0.4 is 4.90 Å². The zero-order valence-electron chi connectivity index (χ0n) is 33.2. The van der Waals surface area contributed by atoms with Gasteiger partial charge in [0.2, 0.25) is 0 Å². The van der Waals surface area contributed by atoms with Crippen molar-refractivity contribution >= 4 is 71.6 Å². The molecule has 2 aromatic heterocycles. The molecular formula is C58H38N2O.